The fourth-order valence-corrected chi connectivity index (χ4v) is 3.12. The molecular weight excluding hydrogens is 362 g/mol. The molecule has 1 saturated heterocycles. The molecule has 0 radical (unpaired) electrons. The van der Waals surface area contributed by atoms with Crippen LogP contribution in [-0.2, 0) is 0 Å². The number of nitro groups is 1. The summed E-state index contributed by atoms with van der Waals surface area (Å²) in [5, 5.41) is 14.5. The summed E-state index contributed by atoms with van der Waals surface area (Å²) in [6, 6.07) is 13.0. The van der Waals surface area contributed by atoms with Crippen LogP contribution in [0.15, 0.2) is 48.5 Å². The molecule has 3 rings (SSSR count). The molecule has 1 fully saturated rings. The molecular formula is C19H21N5O4. The molecule has 2 aromatic rings. The highest BCUT2D eigenvalue weighted by Gasteiger charge is 2.24. The number of benzene rings is 2. The molecule has 0 spiro atoms. The largest absolute Gasteiger partial charge is 0.351 e. The van der Waals surface area contributed by atoms with Crippen molar-refractivity contribution in [3.05, 3.63) is 64.2 Å². The molecule has 3 N–H and O–H groups in total. The highest BCUT2D eigenvalue weighted by molar-refractivity contribution is 5.96. The van der Waals surface area contributed by atoms with Crippen LogP contribution in [0.5, 0.6) is 0 Å². The average molecular weight is 383 g/mol. The standard InChI is InChI=1S/C19H21N5O4/c20-19(26)23-10-4-9-22(11-12-23)18(25)14-7-8-16(17(13-14)24(27)28)21-15-5-2-1-3-6-15/h1-3,5-8,13,21H,4,9-12H2,(H2,20,26). The van der Waals surface area contributed by atoms with Gasteiger partial charge in [0.25, 0.3) is 11.6 Å². The van der Waals surface area contributed by atoms with Crippen molar-refractivity contribution < 1.29 is 14.5 Å². The number of nitrogens with one attached hydrogen (secondary N) is 1. The fraction of sp³-hybridized carbons (Fsp3) is 0.263. The van der Waals surface area contributed by atoms with E-state index in [0.29, 0.717) is 44.0 Å². The van der Waals surface area contributed by atoms with Gasteiger partial charge < -0.3 is 20.9 Å². The van der Waals surface area contributed by atoms with E-state index in [4.69, 9.17) is 5.73 Å². The predicted octanol–water partition coefficient (Wildman–Crippen LogP) is 2.57. The summed E-state index contributed by atoms with van der Waals surface area (Å²) >= 11 is 0. The van der Waals surface area contributed by atoms with Gasteiger partial charge in [0.1, 0.15) is 5.69 Å². The summed E-state index contributed by atoms with van der Waals surface area (Å²) in [4.78, 5) is 38.2. The van der Waals surface area contributed by atoms with Crippen molar-refractivity contribution in [3.8, 4) is 0 Å². The van der Waals surface area contributed by atoms with E-state index in [1.165, 1.54) is 17.0 Å². The first-order valence-corrected chi connectivity index (χ1v) is 8.90. The zero-order chi connectivity index (χ0) is 20.1. The Morgan fingerprint density at radius 1 is 1.00 bits per heavy atom. The molecule has 9 nitrogen and oxygen atoms in total. The third-order valence-electron chi connectivity index (χ3n) is 4.59. The zero-order valence-electron chi connectivity index (χ0n) is 15.2. The molecule has 0 bridgehead atoms. The molecule has 2 aromatic carbocycles. The Kier molecular flexibility index (Phi) is 5.73. The third-order valence-corrected chi connectivity index (χ3v) is 4.59. The lowest BCUT2D eigenvalue weighted by Crippen LogP contribution is -2.39. The van der Waals surface area contributed by atoms with Gasteiger partial charge in [-0.25, -0.2) is 4.79 Å². The van der Waals surface area contributed by atoms with Crippen molar-refractivity contribution in [2.24, 2.45) is 5.73 Å². The summed E-state index contributed by atoms with van der Waals surface area (Å²) in [7, 11) is 0. The summed E-state index contributed by atoms with van der Waals surface area (Å²) in [5.74, 6) is -0.305. The molecule has 1 heterocycles. The number of nitrogens with zero attached hydrogens (tertiary/aromatic N) is 3. The second-order valence-corrected chi connectivity index (χ2v) is 6.45. The highest BCUT2D eigenvalue weighted by Crippen LogP contribution is 2.29. The topological polar surface area (TPSA) is 122 Å². The van der Waals surface area contributed by atoms with Gasteiger partial charge >= 0.3 is 6.03 Å². The van der Waals surface area contributed by atoms with E-state index < -0.39 is 11.0 Å². The molecule has 0 aromatic heterocycles. The van der Waals surface area contributed by atoms with Gasteiger partial charge in [-0.15, -0.1) is 0 Å². The van der Waals surface area contributed by atoms with Gasteiger partial charge in [0.05, 0.1) is 4.92 Å². The second-order valence-electron chi connectivity index (χ2n) is 6.45. The van der Waals surface area contributed by atoms with Crippen molar-refractivity contribution >= 4 is 29.0 Å². The van der Waals surface area contributed by atoms with Gasteiger partial charge in [-0.1, -0.05) is 18.2 Å². The van der Waals surface area contributed by atoms with Gasteiger partial charge in [-0.2, -0.15) is 0 Å². The Morgan fingerprint density at radius 3 is 2.36 bits per heavy atom. The van der Waals surface area contributed by atoms with Crippen LogP contribution in [0.4, 0.5) is 21.9 Å². The first kappa shape index (κ1) is 19.2. The van der Waals surface area contributed by atoms with E-state index >= 15 is 0 Å². The van der Waals surface area contributed by atoms with Crippen LogP contribution >= 0.6 is 0 Å². The minimum absolute atomic E-state index is 0.178. The maximum Gasteiger partial charge on any atom is 0.314 e. The molecule has 146 valence electrons. The van der Waals surface area contributed by atoms with Crippen LogP contribution in [-0.4, -0.2) is 52.8 Å². The van der Waals surface area contributed by atoms with Crippen molar-refractivity contribution in [1.82, 2.24) is 9.80 Å². The Labute approximate surface area is 161 Å². The number of urea groups is 1. The molecule has 0 atom stereocenters. The number of hydrogen-bond donors (Lipinski definition) is 2. The summed E-state index contributed by atoms with van der Waals surface area (Å²) < 4.78 is 0. The highest BCUT2D eigenvalue weighted by atomic mass is 16.6. The van der Waals surface area contributed by atoms with Crippen LogP contribution in [0.2, 0.25) is 0 Å². The molecule has 1 aliphatic heterocycles. The molecule has 0 unspecified atom stereocenters. The normalized spacial score (nSPS) is 14.3. The van der Waals surface area contributed by atoms with Crippen molar-refractivity contribution in [3.63, 3.8) is 0 Å². The molecule has 0 saturated carbocycles. The number of rotatable bonds is 4. The van der Waals surface area contributed by atoms with Crippen LogP contribution in [0.1, 0.15) is 16.8 Å². The van der Waals surface area contributed by atoms with Gasteiger partial charge in [0, 0.05) is 43.5 Å². The first-order valence-electron chi connectivity index (χ1n) is 8.90. The van der Waals surface area contributed by atoms with Gasteiger partial charge in [0.15, 0.2) is 0 Å². The minimum atomic E-state index is -0.515. The number of carbonyl (C=O) groups excluding carboxylic acids is 2. The van der Waals surface area contributed by atoms with E-state index in [0.717, 1.165) is 0 Å². The minimum Gasteiger partial charge on any atom is -0.351 e. The number of hydrogen-bond acceptors (Lipinski definition) is 5. The van der Waals surface area contributed by atoms with E-state index in [-0.39, 0.29) is 17.2 Å². The fourth-order valence-electron chi connectivity index (χ4n) is 3.12. The summed E-state index contributed by atoms with van der Waals surface area (Å²) in [6.45, 7) is 1.62. The summed E-state index contributed by atoms with van der Waals surface area (Å²) in [6.07, 6.45) is 0.602. The van der Waals surface area contributed by atoms with E-state index in [2.05, 4.69) is 5.32 Å². The number of nitrogens with two attached hydrogens (primary N) is 1. The Bertz CT molecular complexity index is 887. The van der Waals surface area contributed by atoms with Gasteiger partial charge in [-0.05, 0) is 30.7 Å². The SMILES string of the molecule is NC(=O)N1CCCN(C(=O)c2ccc(Nc3ccccc3)c([N+](=O)[O-])c2)CC1. The number of primary amides is 1. The lowest BCUT2D eigenvalue weighted by molar-refractivity contribution is -0.383. The molecule has 9 heteroatoms. The zero-order valence-corrected chi connectivity index (χ0v) is 15.2. The first-order chi connectivity index (χ1) is 13.5. The number of amides is 3. The van der Waals surface area contributed by atoms with E-state index in [1.807, 2.05) is 18.2 Å². The Balaban J connectivity index is 1.80. The number of anilines is 2. The molecule has 28 heavy (non-hydrogen) atoms. The van der Waals surface area contributed by atoms with Crippen molar-refractivity contribution in [2.75, 3.05) is 31.5 Å². The van der Waals surface area contributed by atoms with Gasteiger partial charge in [-0.3, -0.25) is 14.9 Å². The van der Waals surface area contributed by atoms with Crippen LogP contribution in [0.3, 0.4) is 0 Å². The molecule has 1 aliphatic rings. The molecule has 0 aliphatic carbocycles. The maximum absolute atomic E-state index is 12.8. The molecule has 3 amide bonds. The van der Waals surface area contributed by atoms with Crippen LogP contribution in [0, 0.1) is 10.1 Å². The Hall–Kier alpha value is -3.62. The monoisotopic (exact) mass is 383 g/mol. The van der Waals surface area contributed by atoms with Crippen LogP contribution in [0.25, 0.3) is 0 Å². The van der Waals surface area contributed by atoms with Crippen molar-refractivity contribution in [1.29, 1.82) is 0 Å². The summed E-state index contributed by atoms with van der Waals surface area (Å²) in [5.41, 5.74) is 6.38. The van der Waals surface area contributed by atoms with E-state index in [1.54, 1.807) is 23.1 Å². The van der Waals surface area contributed by atoms with Gasteiger partial charge in [0.2, 0.25) is 0 Å². The lowest BCUT2D eigenvalue weighted by Gasteiger charge is -2.21. The number of para-hydroxylation sites is 1. The van der Waals surface area contributed by atoms with Crippen LogP contribution < -0.4 is 11.1 Å². The predicted molar refractivity (Wildman–Crippen MR) is 104 cm³/mol. The third kappa shape index (κ3) is 4.37. The lowest BCUT2D eigenvalue weighted by atomic mass is 10.1. The second kappa shape index (κ2) is 8.38. The Morgan fingerprint density at radius 2 is 1.68 bits per heavy atom. The quantitative estimate of drug-likeness (QED) is 0.621. The maximum atomic E-state index is 12.8. The smallest absolute Gasteiger partial charge is 0.314 e. The van der Waals surface area contributed by atoms with Crippen molar-refractivity contribution in [2.45, 2.75) is 6.42 Å². The average Bonchev–Trinajstić information content (AvgIpc) is 2.95. The van der Waals surface area contributed by atoms with E-state index in [9.17, 15) is 19.7 Å². The number of nitro benzene ring substituents is 1. The number of carbonyl (C=O) groups is 2.